The summed E-state index contributed by atoms with van der Waals surface area (Å²) in [5, 5.41) is 47.4. The van der Waals surface area contributed by atoms with Crippen LogP contribution >= 0.6 is 0 Å². The lowest BCUT2D eigenvalue weighted by molar-refractivity contribution is -0.385. The largest absolute Gasteiger partial charge is 0.460 e. The second-order valence-electron chi connectivity index (χ2n) is 12.1. The number of non-ortho nitro benzene ring substituents is 2. The van der Waals surface area contributed by atoms with E-state index in [0.717, 1.165) is 0 Å². The molecule has 0 spiro atoms. The van der Waals surface area contributed by atoms with E-state index in [4.69, 9.17) is 9.47 Å². The third-order valence-corrected chi connectivity index (χ3v) is 7.72. The van der Waals surface area contributed by atoms with E-state index in [0.29, 0.717) is 45.1 Å². The minimum atomic E-state index is -0.711. The number of nitro benzene ring substituents is 2. The van der Waals surface area contributed by atoms with Crippen LogP contribution in [0.3, 0.4) is 0 Å². The molecule has 50 heavy (non-hydrogen) atoms. The van der Waals surface area contributed by atoms with Crippen molar-refractivity contribution in [2.24, 2.45) is 0 Å². The number of allylic oxidation sites excluding steroid dienone is 6. The number of nitriles is 2. The number of hydrogen-bond acceptors (Lipinski definition) is 12. The molecule has 0 aliphatic carbocycles. The maximum absolute atomic E-state index is 12.6. The number of nitrogens with one attached hydrogen (secondary N) is 2. The zero-order valence-corrected chi connectivity index (χ0v) is 29.0. The molecule has 4 rings (SSSR count). The molecule has 0 saturated heterocycles. The Kier molecular flexibility index (Phi) is 12.4. The molecule has 2 heterocycles. The Balaban J connectivity index is 0.000000270. The van der Waals surface area contributed by atoms with Gasteiger partial charge >= 0.3 is 11.9 Å². The van der Waals surface area contributed by atoms with Crippen molar-refractivity contribution in [3.63, 3.8) is 0 Å². The summed E-state index contributed by atoms with van der Waals surface area (Å²) < 4.78 is 10.6. The van der Waals surface area contributed by atoms with Crippen molar-refractivity contribution < 1.29 is 28.9 Å². The summed E-state index contributed by atoms with van der Waals surface area (Å²) in [6.07, 6.45) is -0.646. The molecule has 0 fully saturated rings. The van der Waals surface area contributed by atoms with E-state index in [1.165, 1.54) is 24.3 Å². The highest BCUT2D eigenvalue weighted by molar-refractivity contribution is 5.94. The Morgan fingerprint density at radius 1 is 0.680 bits per heavy atom. The summed E-state index contributed by atoms with van der Waals surface area (Å²) >= 11 is 0. The molecule has 2 aromatic carbocycles. The number of benzene rings is 2. The van der Waals surface area contributed by atoms with Gasteiger partial charge in [-0.05, 0) is 66.5 Å². The zero-order chi connectivity index (χ0) is 37.4. The fraction of sp³-hybridized carbons (Fsp3) is 0.333. The highest BCUT2D eigenvalue weighted by atomic mass is 16.6. The van der Waals surface area contributed by atoms with E-state index in [-0.39, 0.29) is 34.7 Å². The molecule has 14 heteroatoms. The van der Waals surface area contributed by atoms with Gasteiger partial charge in [-0.3, -0.25) is 20.2 Å². The van der Waals surface area contributed by atoms with E-state index in [2.05, 4.69) is 22.8 Å². The fourth-order valence-corrected chi connectivity index (χ4v) is 5.68. The topological polar surface area (TPSA) is 211 Å². The first kappa shape index (κ1) is 38.2. The molecule has 0 bridgehead atoms. The number of esters is 2. The predicted molar refractivity (Wildman–Crippen MR) is 182 cm³/mol. The van der Waals surface area contributed by atoms with Gasteiger partial charge in [-0.25, -0.2) is 9.59 Å². The molecule has 0 aromatic heterocycles. The minimum absolute atomic E-state index is 0.0970. The molecule has 2 atom stereocenters. The summed E-state index contributed by atoms with van der Waals surface area (Å²) in [5.41, 5.74) is 4.41. The van der Waals surface area contributed by atoms with Crippen molar-refractivity contribution in [3.05, 3.63) is 125 Å². The highest BCUT2D eigenvalue weighted by Crippen LogP contribution is 2.40. The first-order chi connectivity index (χ1) is 23.5. The predicted octanol–water partition coefficient (Wildman–Crippen LogP) is 6.61. The van der Waals surface area contributed by atoms with Gasteiger partial charge in [0.1, 0.15) is 0 Å². The second-order valence-corrected chi connectivity index (χ2v) is 12.1. The number of rotatable bonds is 8. The smallest absolute Gasteiger partial charge is 0.337 e. The molecule has 0 saturated carbocycles. The monoisotopic (exact) mass is 682 g/mol. The molecule has 2 aliphatic rings. The lowest BCUT2D eigenvalue weighted by Gasteiger charge is -2.28. The SMILES string of the molecule is CC1=C(C#N)C(c2cccc([N+](=O)[O-])c2)C(C(=O)OC(C)C)=C(C)N1.CC1=C(C#N)C(c2cccc([N+](=O)[O-])c2)C(C(=O)OC(C)C)=C(C)N1. The van der Waals surface area contributed by atoms with Crippen molar-refractivity contribution in [2.75, 3.05) is 0 Å². The maximum atomic E-state index is 12.6. The molecule has 2 aromatic rings. The van der Waals surface area contributed by atoms with Crippen LogP contribution in [0.2, 0.25) is 0 Å². The number of nitro groups is 2. The van der Waals surface area contributed by atoms with E-state index in [9.17, 15) is 40.3 Å². The van der Waals surface area contributed by atoms with Crippen LogP contribution in [0.15, 0.2) is 93.6 Å². The summed E-state index contributed by atoms with van der Waals surface area (Å²) in [6.45, 7) is 13.8. The Hall–Kier alpha value is -6.28. The van der Waals surface area contributed by atoms with Crippen molar-refractivity contribution in [1.29, 1.82) is 10.5 Å². The lowest BCUT2D eigenvalue weighted by atomic mass is 9.81. The highest BCUT2D eigenvalue weighted by Gasteiger charge is 2.36. The van der Waals surface area contributed by atoms with Gasteiger partial charge in [0.25, 0.3) is 11.4 Å². The molecule has 260 valence electrons. The lowest BCUT2D eigenvalue weighted by Crippen LogP contribution is -2.29. The number of carbonyl (C=O) groups excluding carboxylic acids is 2. The third-order valence-electron chi connectivity index (χ3n) is 7.72. The van der Waals surface area contributed by atoms with Crippen LogP contribution in [-0.2, 0) is 19.1 Å². The maximum Gasteiger partial charge on any atom is 0.337 e. The molecular weight excluding hydrogens is 644 g/mol. The van der Waals surface area contributed by atoms with Gasteiger partial charge in [0.15, 0.2) is 0 Å². The first-order valence-corrected chi connectivity index (χ1v) is 15.6. The van der Waals surface area contributed by atoms with Gasteiger partial charge in [0, 0.05) is 47.1 Å². The van der Waals surface area contributed by atoms with Crippen molar-refractivity contribution in [2.45, 2.75) is 79.4 Å². The van der Waals surface area contributed by atoms with Crippen LogP contribution in [0.5, 0.6) is 0 Å². The van der Waals surface area contributed by atoms with Crippen molar-refractivity contribution >= 4 is 23.3 Å². The molecule has 2 aliphatic heterocycles. The number of dihydropyridines is 2. The molecule has 2 N–H and O–H groups in total. The normalized spacial score (nSPS) is 17.2. The van der Waals surface area contributed by atoms with E-state index >= 15 is 0 Å². The minimum Gasteiger partial charge on any atom is -0.460 e. The first-order valence-electron chi connectivity index (χ1n) is 15.6. The Morgan fingerprint density at radius 2 is 1.02 bits per heavy atom. The van der Waals surface area contributed by atoms with E-state index in [1.54, 1.807) is 79.7 Å². The van der Waals surface area contributed by atoms with E-state index in [1.807, 2.05) is 0 Å². The van der Waals surface area contributed by atoms with Crippen LogP contribution in [0.4, 0.5) is 11.4 Å². The average molecular weight is 683 g/mol. The van der Waals surface area contributed by atoms with Gasteiger partial charge in [-0.15, -0.1) is 0 Å². The summed E-state index contributed by atoms with van der Waals surface area (Å²) in [5.74, 6) is -2.51. The van der Waals surface area contributed by atoms with E-state index < -0.39 is 33.6 Å². The van der Waals surface area contributed by atoms with Gasteiger partial charge in [-0.1, -0.05) is 24.3 Å². The van der Waals surface area contributed by atoms with Gasteiger partial charge < -0.3 is 20.1 Å². The Labute approximate surface area is 289 Å². The van der Waals surface area contributed by atoms with Crippen LogP contribution in [0.25, 0.3) is 0 Å². The number of carbonyl (C=O) groups is 2. The number of ether oxygens (including phenoxy) is 2. The summed E-state index contributed by atoms with van der Waals surface area (Å²) in [4.78, 5) is 46.4. The quantitative estimate of drug-likeness (QED) is 0.171. The average Bonchev–Trinajstić information content (AvgIpc) is 3.03. The molecular formula is C36H38N6O8. The fourth-order valence-electron chi connectivity index (χ4n) is 5.68. The molecule has 14 nitrogen and oxygen atoms in total. The third kappa shape index (κ3) is 8.59. The van der Waals surface area contributed by atoms with Gasteiger partial charge in [0.2, 0.25) is 0 Å². The van der Waals surface area contributed by atoms with Crippen LogP contribution in [0.1, 0.15) is 78.4 Å². The van der Waals surface area contributed by atoms with Gasteiger partial charge in [0.05, 0.1) is 68.3 Å². The van der Waals surface area contributed by atoms with Crippen molar-refractivity contribution in [1.82, 2.24) is 10.6 Å². The Morgan fingerprint density at radius 3 is 1.30 bits per heavy atom. The molecule has 0 amide bonds. The summed E-state index contributed by atoms with van der Waals surface area (Å²) in [6, 6.07) is 16.2. The van der Waals surface area contributed by atoms with Crippen LogP contribution < -0.4 is 10.6 Å². The van der Waals surface area contributed by atoms with Crippen molar-refractivity contribution in [3.8, 4) is 12.1 Å². The molecule has 0 radical (unpaired) electrons. The standard InChI is InChI=1S/2C18H19N3O4/c2*1-10(2)25-18(22)16-12(4)20-11(3)15(9-19)17(16)13-6-5-7-14(8-13)21(23)24/h2*5-8,10,17,20H,1-4H3. The second kappa shape index (κ2) is 16.2. The Bertz CT molecular complexity index is 1800. The van der Waals surface area contributed by atoms with Gasteiger partial charge in [-0.2, -0.15) is 10.5 Å². The zero-order valence-electron chi connectivity index (χ0n) is 29.0. The number of hydrogen-bond donors (Lipinski definition) is 2. The van der Waals surface area contributed by atoms with Crippen LogP contribution in [0, 0.1) is 42.9 Å². The van der Waals surface area contributed by atoms with Crippen LogP contribution in [-0.4, -0.2) is 34.0 Å². The molecule has 2 unspecified atom stereocenters. The summed E-state index contributed by atoms with van der Waals surface area (Å²) in [7, 11) is 0. The number of nitrogens with zero attached hydrogens (tertiary/aromatic N) is 4.